The van der Waals surface area contributed by atoms with Crippen molar-refractivity contribution in [2.45, 2.75) is 48.4 Å². The number of hydrogen-bond donors (Lipinski definition) is 1. The van der Waals surface area contributed by atoms with E-state index >= 15 is 0 Å². The molecule has 1 unspecified atom stereocenters. The predicted molar refractivity (Wildman–Crippen MR) is 121 cm³/mol. The minimum atomic E-state index is -4.95. The standard InChI is InChI=1S/C23H22F3NO5S2/c24-23(25,26)32-16-2-1-3-17(13-16)34(30,31)27-19-7-6-15(21(28)29)12-18(19)22(8-10-33-11-9-22)20(27)14-4-5-14/h1-3,6-7,12-14,20H,4-5,8-11H2,(H,28,29). The molecule has 6 nitrogen and oxygen atoms in total. The number of ether oxygens (including phenoxy) is 1. The van der Waals surface area contributed by atoms with Crippen LogP contribution in [0.4, 0.5) is 18.9 Å². The maximum absolute atomic E-state index is 14.0. The summed E-state index contributed by atoms with van der Waals surface area (Å²) in [6, 6.07) is 8.51. The van der Waals surface area contributed by atoms with Crippen LogP contribution in [0.15, 0.2) is 47.4 Å². The molecule has 0 aromatic heterocycles. The number of sulfonamides is 1. The third-order valence-corrected chi connectivity index (χ3v) is 9.66. The van der Waals surface area contributed by atoms with Crippen molar-refractivity contribution in [1.29, 1.82) is 0 Å². The Morgan fingerprint density at radius 2 is 1.82 bits per heavy atom. The molecule has 0 amide bonds. The van der Waals surface area contributed by atoms with E-state index in [0.29, 0.717) is 24.1 Å². The molecule has 5 rings (SSSR count). The summed E-state index contributed by atoms with van der Waals surface area (Å²) in [6.45, 7) is 0. The number of thioether (sulfide) groups is 1. The Hall–Kier alpha value is -2.40. The molecular weight excluding hydrogens is 491 g/mol. The second-order valence-electron chi connectivity index (χ2n) is 8.91. The van der Waals surface area contributed by atoms with Gasteiger partial charge in [-0.3, -0.25) is 4.31 Å². The molecule has 2 aromatic rings. The maximum atomic E-state index is 14.0. The molecule has 2 aromatic carbocycles. The Bertz CT molecular complexity index is 1240. The van der Waals surface area contributed by atoms with Crippen molar-refractivity contribution in [1.82, 2.24) is 0 Å². The van der Waals surface area contributed by atoms with Gasteiger partial charge in [0.05, 0.1) is 22.2 Å². The van der Waals surface area contributed by atoms with Crippen LogP contribution in [-0.4, -0.2) is 43.4 Å². The zero-order chi connectivity index (χ0) is 24.3. The lowest BCUT2D eigenvalue weighted by Gasteiger charge is -2.41. The first-order valence-electron chi connectivity index (χ1n) is 10.9. The Morgan fingerprint density at radius 3 is 2.44 bits per heavy atom. The van der Waals surface area contributed by atoms with Crippen LogP contribution in [0.25, 0.3) is 0 Å². The van der Waals surface area contributed by atoms with Gasteiger partial charge < -0.3 is 9.84 Å². The molecule has 2 aliphatic heterocycles. The van der Waals surface area contributed by atoms with Gasteiger partial charge in [-0.25, -0.2) is 13.2 Å². The van der Waals surface area contributed by atoms with Gasteiger partial charge in [0.1, 0.15) is 5.75 Å². The molecule has 3 aliphatic rings. The molecule has 1 atom stereocenters. The van der Waals surface area contributed by atoms with Crippen LogP contribution >= 0.6 is 11.8 Å². The Kier molecular flexibility index (Phi) is 5.55. The van der Waals surface area contributed by atoms with Crippen molar-refractivity contribution >= 4 is 33.4 Å². The molecular formula is C23H22F3NO5S2. The second-order valence-corrected chi connectivity index (χ2v) is 12.0. The quantitative estimate of drug-likeness (QED) is 0.604. The third-order valence-electron chi connectivity index (χ3n) is 6.89. The molecule has 1 aliphatic carbocycles. The van der Waals surface area contributed by atoms with Gasteiger partial charge in [-0.05, 0) is 79.0 Å². The molecule has 11 heteroatoms. The highest BCUT2D eigenvalue weighted by atomic mass is 32.2. The smallest absolute Gasteiger partial charge is 0.478 e. The highest BCUT2D eigenvalue weighted by Gasteiger charge is 2.59. The highest BCUT2D eigenvalue weighted by molar-refractivity contribution is 7.99. The van der Waals surface area contributed by atoms with Gasteiger partial charge in [0.25, 0.3) is 10.0 Å². The number of carbonyl (C=O) groups is 1. The van der Waals surface area contributed by atoms with E-state index in [1.54, 1.807) is 17.8 Å². The number of alkyl halides is 3. The fraction of sp³-hybridized carbons (Fsp3) is 0.435. The summed E-state index contributed by atoms with van der Waals surface area (Å²) in [7, 11) is -4.26. The number of nitrogens with zero attached hydrogens (tertiary/aromatic N) is 1. The number of hydrogen-bond acceptors (Lipinski definition) is 5. The molecule has 1 saturated carbocycles. The number of halogens is 3. The van der Waals surface area contributed by atoms with Crippen molar-refractivity contribution in [2.75, 3.05) is 15.8 Å². The summed E-state index contributed by atoms with van der Waals surface area (Å²) in [6.07, 6.45) is -1.84. The third kappa shape index (κ3) is 3.92. The summed E-state index contributed by atoms with van der Waals surface area (Å²) in [5.41, 5.74) is 0.679. The Balaban J connectivity index is 1.67. The van der Waals surface area contributed by atoms with Crippen LogP contribution in [0.5, 0.6) is 5.75 Å². The van der Waals surface area contributed by atoms with E-state index in [4.69, 9.17) is 0 Å². The van der Waals surface area contributed by atoms with E-state index in [2.05, 4.69) is 4.74 Å². The Morgan fingerprint density at radius 1 is 1.12 bits per heavy atom. The molecule has 2 heterocycles. The average Bonchev–Trinajstić information content (AvgIpc) is 3.57. The number of benzene rings is 2. The number of anilines is 1. The van der Waals surface area contributed by atoms with Crippen LogP contribution in [0.2, 0.25) is 0 Å². The van der Waals surface area contributed by atoms with Gasteiger partial charge in [0, 0.05) is 11.5 Å². The van der Waals surface area contributed by atoms with Gasteiger partial charge in [-0.1, -0.05) is 6.07 Å². The first-order chi connectivity index (χ1) is 16.0. The number of carboxylic acids is 1. The molecule has 2 fully saturated rings. The normalized spacial score (nSPS) is 22.0. The molecule has 0 bridgehead atoms. The first kappa shape index (κ1) is 23.3. The van der Waals surface area contributed by atoms with E-state index in [-0.39, 0.29) is 16.4 Å². The minimum Gasteiger partial charge on any atom is -0.478 e. The van der Waals surface area contributed by atoms with Gasteiger partial charge in [0.15, 0.2) is 0 Å². The van der Waals surface area contributed by atoms with Gasteiger partial charge in [0.2, 0.25) is 0 Å². The van der Waals surface area contributed by atoms with E-state index in [1.807, 2.05) is 0 Å². The second kappa shape index (κ2) is 8.08. The van der Waals surface area contributed by atoms with E-state index in [9.17, 15) is 31.5 Å². The van der Waals surface area contributed by atoms with Crippen LogP contribution in [-0.2, 0) is 15.4 Å². The molecule has 1 spiro atoms. The van der Waals surface area contributed by atoms with Crippen molar-refractivity contribution in [3.8, 4) is 5.75 Å². The summed E-state index contributed by atoms with van der Waals surface area (Å²) < 4.78 is 71.5. The van der Waals surface area contributed by atoms with Gasteiger partial charge >= 0.3 is 12.3 Å². The lowest BCUT2D eigenvalue weighted by atomic mass is 9.70. The maximum Gasteiger partial charge on any atom is 0.573 e. The summed E-state index contributed by atoms with van der Waals surface area (Å²) in [5, 5.41) is 9.58. The van der Waals surface area contributed by atoms with Crippen molar-refractivity contribution in [3.63, 3.8) is 0 Å². The average molecular weight is 514 g/mol. The molecule has 182 valence electrons. The summed E-state index contributed by atoms with van der Waals surface area (Å²) in [4.78, 5) is 11.4. The van der Waals surface area contributed by atoms with Crippen LogP contribution < -0.4 is 9.04 Å². The molecule has 1 N–H and O–H groups in total. The van der Waals surface area contributed by atoms with Crippen molar-refractivity contribution < 1.29 is 36.2 Å². The van der Waals surface area contributed by atoms with E-state index in [1.165, 1.54) is 28.6 Å². The lowest BCUT2D eigenvalue weighted by molar-refractivity contribution is -0.274. The minimum absolute atomic E-state index is 0.0886. The van der Waals surface area contributed by atoms with Gasteiger partial charge in [-0.15, -0.1) is 13.2 Å². The summed E-state index contributed by atoms with van der Waals surface area (Å²) in [5.74, 6) is 0.0458. The van der Waals surface area contributed by atoms with Crippen LogP contribution in [0.3, 0.4) is 0 Å². The fourth-order valence-electron chi connectivity index (χ4n) is 5.37. The topological polar surface area (TPSA) is 83.9 Å². The fourth-order valence-corrected chi connectivity index (χ4v) is 8.43. The SMILES string of the molecule is O=C(O)c1ccc2c(c1)C1(CCSCC1)C(C1CC1)N2S(=O)(=O)c1cccc(OC(F)(F)F)c1. The number of carboxylic acid groups (broad SMARTS) is 1. The van der Waals surface area contributed by atoms with Crippen molar-refractivity contribution in [3.05, 3.63) is 53.6 Å². The van der Waals surface area contributed by atoms with E-state index in [0.717, 1.165) is 36.5 Å². The van der Waals surface area contributed by atoms with E-state index < -0.39 is 39.6 Å². The van der Waals surface area contributed by atoms with Crippen LogP contribution in [0, 0.1) is 5.92 Å². The monoisotopic (exact) mass is 513 g/mol. The number of aromatic carboxylic acids is 1. The molecule has 0 radical (unpaired) electrons. The molecule has 1 saturated heterocycles. The predicted octanol–water partition coefficient (Wildman–Crippen LogP) is 5.04. The lowest BCUT2D eigenvalue weighted by Crippen LogP contribution is -2.50. The largest absolute Gasteiger partial charge is 0.573 e. The van der Waals surface area contributed by atoms with Gasteiger partial charge in [-0.2, -0.15) is 11.8 Å². The molecule has 34 heavy (non-hydrogen) atoms. The number of fused-ring (bicyclic) bond motifs is 2. The zero-order valence-corrected chi connectivity index (χ0v) is 19.5. The van der Waals surface area contributed by atoms with Crippen LogP contribution in [0.1, 0.15) is 41.6 Å². The number of rotatable bonds is 5. The summed E-state index contributed by atoms with van der Waals surface area (Å²) >= 11 is 1.78. The first-order valence-corrected chi connectivity index (χ1v) is 13.5. The highest BCUT2D eigenvalue weighted by Crippen LogP contribution is 2.59. The van der Waals surface area contributed by atoms with Crippen molar-refractivity contribution in [2.24, 2.45) is 5.92 Å². The Labute approximate surface area is 199 Å². The zero-order valence-electron chi connectivity index (χ0n) is 17.9.